The highest BCUT2D eigenvalue weighted by atomic mass is 32.2. The fourth-order valence-corrected chi connectivity index (χ4v) is 2.42. The first-order chi connectivity index (χ1) is 8.74. The Morgan fingerprint density at radius 1 is 1.22 bits per heavy atom. The van der Waals surface area contributed by atoms with Gasteiger partial charge in [-0.1, -0.05) is 0 Å². The van der Waals surface area contributed by atoms with E-state index in [9.17, 15) is 0 Å². The van der Waals surface area contributed by atoms with Crippen LogP contribution in [0.15, 0.2) is 39.8 Å². The fraction of sp³-hybridized carbons (Fsp3) is 0.231. The second-order valence-corrected chi connectivity index (χ2v) is 4.63. The normalized spacial score (nSPS) is 10.3. The molecule has 0 atom stereocenters. The average molecular weight is 265 g/mol. The minimum atomic E-state index is 0.636. The summed E-state index contributed by atoms with van der Waals surface area (Å²) in [5, 5.41) is 0. The van der Waals surface area contributed by atoms with Crippen LogP contribution in [0, 0.1) is 0 Å². The van der Waals surface area contributed by atoms with E-state index in [1.807, 2.05) is 18.2 Å². The van der Waals surface area contributed by atoms with Crippen LogP contribution in [-0.4, -0.2) is 14.2 Å². The number of methoxy groups -OCH3 is 2. The van der Waals surface area contributed by atoms with Gasteiger partial charge in [-0.05, 0) is 18.2 Å². The zero-order valence-electron chi connectivity index (χ0n) is 10.3. The van der Waals surface area contributed by atoms with Gasteiger partial charge in [0, 0.05) is 16.6 Å². The molecule has 5 heteroatoms. The molecule has 4 nitrogen and oxygen atoms in total. The van der Waals surface area contributed by atoms with Gasteiger partial charge in [0.2, 0.25) is 0 Å². The first-order valence-corrected chi connectivity index (χ1v) is 6.40. The lowest BCUT2D eigenvalue weighted by Gasteiger charge is -2.11. The van der Waals surface area contributed by atoms with Gasteiger partial charge in [0.25, 0.3) is 0 Å². The van der Waals surface area contributed by atoms with Crippen LogP contribution in [-0.2, 0) is 5.75 Å². The van der Waals surface area contributed by atoms with Crippen LogP contribution < -0.4 is 15.2 Å². The second-order valence-electron chi connectivity index (χ2n) is 3.61. The lowest BCUT2D eigenvalue weighted by atomic mass is 10.3. The minimum Gasteiger partial charge on any atom is -0.493 e. The van der Waals surface area contributed by atoms with Crippen molar-refractivity contribution in [3.05, 3.63) is 36.3 Å². The summed E-state index contributed by atoms with van der Waals surface area (Å²) >= 11 is 1.60. The van der Waals surface area contributed by atoms with Crippen molar-refractivity contribution < 1.29 is 13.9 Å². The number of ether oxygens (including phenoxy) is 2. The molecule has 0 fully saturated rings. The number of thioether (sulfide) groups is 1. The molecular formula is C13H15NO3S. The third-order valence-electron chi connectivity index (χ3n) is 2.47. The van der Waals surface area contributed by atoms with Crippen molar-refractivity contribution in [1.29, 1.82) is 0 Å². The Labute approximate surface area is 110 Å². The van der Waals surface area contributed by atoms with Crippen molar-refractivity contribution in [2.75, 3.05) is 20.0 Å². The summed E-state index contributed by atoms with van der Waals surface area (Å²) in [6, 6.07) is 7.45. The third kappa shape index (κ3) is 2.73. The van der Waals surface area contributed by atoms with Gasteiger partial charge in [-0.25, -0.2) is 0 Å². The molecule has 2 N–H and O–H groups in total. The van der Waals surface area contributed by atoms with Crippen molar-refractivity contribution in [2.24, 2.45) is 0 Å². The van der Waals surface area contributed by atoms with Crippen molar-refractivity contribution >= 4 is 17.4 Å². The highest BCUT2D eigenvalue weighted by molar-refractivity contribution is 7.98. The molecule has 2 aromatic rings. The number of hydrogen-bond acceptors (Lipinski definition) is 5. The van der Waals surface area contributed by atoms with E-state index in [2.05, 4.69) is 0 Å². The van der Waals surface area contributed by atoms with E-state index in [0.29, 0.717) is 17.2 Å². The van der Waals surface area contributed by atoms with E-state index in [0.717, 1.165) is 16.4 Å². The van der Waals surface area contributed by atoms with Crippen LogP contribution in [0.25, 0.3) is 0 Å². The molecule has 0 amide bonds. The largest absolute Gasteiger partial charge is 0.493 e. The zero-order chi connectivity index (χ0) is 13.0. The van der Waals surface area contributed by atoms with Gasteiger partial charge in [-0.15, -0.1) is 11.8 Å². The lowest BCUT2D eigenvalue weighted by Crippen LogP contribution is -1.95. The van der Waals surface area contributed by atoms with E-state index >= 15 is 0 Å². The van der Waals surface area contributed by atoms with E-state index in [4.69, 9.17) is 19.6 Å². The lowest BCUT2D eigenvalue weighted by molar-refractivity contribution is 0.354. The second kappa shape index (κ2) is 5.73. The van der Waals surface area contributed by atoms with Gasteiger partial charge in [0.1, 0.15) is 5.76 Å². The summed E-state index contributed by atoms with van der Waals surface area (Å²) < 4.78 is 15.7. The van der Waals surface area contributed by atoms with Crippen LogP contribution in [0.3, 0.4) is 0 Å². The van der Waals surface area contributed by atoms with Gasteiger partial charge >= 0.3 is 0 Å². The Kier molecular flexibility index (Phi) is 4.04. The molecule has 0 spiro atoms. The molecule has 1 heterocycles. The molecular weight excluding hydrogens is 250 g/mol. The molecule has 0 aliphatic carbocycles. The number of hydrogen-bond donors (Lipinski definition) is 1. The molecule has 0 bridgehead atoms. The van der Waals surface area contributed by atoms with Crippen molar-refractivity contribution in [2.45, 2.75) is 10.6 Å². The Balaban J connectivity index is 2.17. The molecule has 0 aliphatic heterocycles. The van der Waals surface area contributed by atoms with E-state index in [-0.39, 0.29) is 0 Å². The number of furan rings is 1. The predicted octanol–water partition coefficient (Wildman–Crippen LogP) is 3.17. The molecule has 0 radical (unpaired) electrons. The number of anilines is 1. The molecule has 0 aliphatic rings. The summed E-state index contributed by atoms with van der Waals surface area (Å²) in [6.45, 7) is 0. The topological polar surface area (TPSA) is 57.6 Å². The van der Waals surface area contributed by atoms with Gasteiger partial charge in [0.05, 0.1) is 26.2 Å². The molecule has 0 saturated carbocycles. The number of rotatable bonds is 5. The molecule has 1 aromatic heterocycles. The Hall–Kier alpha value is -1.75. The Morgan fingerprint density at radius 2 is 1.94 bits per heavy atom. The number of nitrogens with two attached hydrogens (primary N) is 1. The van der Waals surface area contributed by atoms with E-state index in [1.54, 1.807) is 38.3 Å². The molecule has 2 rings (SSSR count). The first kappa shape index (κ1) is 12.7. The smallest absolute Gasteiger partial charge is 0.162 e. The highest BCUT2D eigenvalue weighted by Gasteiger charge is 2.10. The molecule has 1 aromatic carbocycles. The Morgan fingerprint density at radius 3 is 2.56 bits per heavy atom. The van der Waals surface area contributed by atoms with Crippen LogP contribution in [0.1, 0.15) is 5.76 Å². The van der Waals surface area contributed by atoms with Crippen molar-refractivity contribution in [3.63, 3.8) is 0 Å². The first-order valence-electron chi connectivity index (χ1n) is 5.41. The predicted molar refractivity (Wildman–Crippen MR) is 72.2 cm³/mol. The summed E-state index contributed by atoms with van der Waals surface area (Å²) in [7, 11) is 3.20. The maximum atomic E-state index is 5.97. The zero-order valence-corrected chi connectivity index (χ0v) is 11.1. The van der Waals surface area contributed by atoms with Crippen LogP contribution in [0.2, 0.25) is 0 Å². The van der Waals surface area contributed by atoms with Crippen molar-refractivity contribution in [1.82, 2.24) is 0 Å². The van der Waals surface area contributed by atoms with Crippen molar-refractivity contribution in [3.8, 4) is 11.5 Å². The molecule has 0 saturated heterocycles. The average Bonchev–Trinajstić information content (AvgIpc) is 2.90. The van der Waals surface area contributed by atoms with Gasteiger partial charge in [-0.2, -0.15) is 0 Å². The maximum absolute atomic E-state index is 5.97. The van der Waals surface area contributed by atoms with Gasteiger partial charge in [0.15, 0.2) is 11.5 Å². The fourth-order valence-electron chi connectivity index (χ4n) is 1.54. The van der Waals surface area contributed by atoms with E-state index < -0.39 is 0 Å². The summed E-state index contributed by atoms with van der Waals surface area (Å²) in [4.78, 5) is 0.948. The Bertz CT molecular complexity index is 511. The minimum absolute atomic E-state index is 0.636. The van der Waals surface area contributed by atoms with E-state index in [1.165, 1.54) is 0 Å². The van der Waals surface area contributed by atoms with Crippen LogP contribution in [0.4, 0.5) is 5.69 Å². The molecule has 96 valence electrons. The third-order valence-corrected chi connectivity index (χ3v) is 3.56. The van der Waals surface area contributed by atoms with Gasteiger partial charge < -0.3 is 19.6 Å². The highest BCUT2D eigenvalue weighted by Crippen LogP contribution is 2.37. The standard InChI is InChI=1S/C13H15NO3S/c1-15-11-6-10(14)13(7-12(11)16-2)18-8-9-4-3-5-17-9/h3-7H,8,14H2,1-2H3. The quantitative estimate of drug-likeness (QED) is 0.664. The summed E-state index contributed by atoms with van der Waals surface area (Å²) in [5.41, 5.74) is 6.64. The maximum Gasteiger partial charge on any atom is 0.162 e. The van der Waals surface area contributed by atoms with Crippen LogP contribution >= 0.6 is 11.8 Å². The molecule has 18 heavy (non-hydrogen) atoms. The van der Waals surface area contributed by atoms with Gasteiger partial charge in [-0.3, -0.25) is 0 Å². The molecule has 0 unspecified atom stereocenters. The summed E-state index contributed by atoms with van der Waals surface area (Å²) in [6.07, 6.45) is 1.66. The SMILES string of the molecule is COc1cc(N)c(SCc2ccco2)cc1OC. The summed E-state index contributed by atoms with van der Waals surface area (Å²) in [5.74, 6) is 2.95. The van der Waals surface area contributed by atoms with Crippen LogP contribution in [0.5, 0.6) is 11.5 Å². The monoisotopic (exact) mass is 265 g/mol. The number of benzene rings is 1. The number of nitrogen functional groups attached to an aromatic ring is 1.